The molecule has 0 aliphatic carbocycles. The van der Waals surface area contributed by atoms with Crippen LogP contribution in [0.25, 0.3) is 0 Å². The summed E-state index contributed by atoms with van der Waals surface area (Å²) in [6.07, 6.45) is 2.18. The lowest BCUT2D eigenvalue weighted by Gasteiger charge is -2.24. The van der Waals surface area contributed by atoms with Crippen molar-refractivity contribution in [1.29, 1.82) is 0 Å². The van der Waals surface area contributed by atoms with E-state index < -0.39 is 0 Å². The molecule has 2 nitrogen and oxygen atoms in total. The monoisotopic (exact) mass is 280 g/mol. The summed E-state index contributed by atoms with van der Waals surface area (Å²) in [5.41, 5.74) is 8.56. The molecule has 1 saturated heterocycles. The molecule has 1 aliphatic rings. The van der Waals surface area contributed by atoms with Crippen molar-refractivity contribution >= 4 is 17.3 Å². The number of nitrogens with zero attached hydrogens (tertiary/aromatic N) is 1. The Hall–Kier alpha value is -0.730. The highest BCUT2D eigenvalue weighted by atomic mass is 35.5. The van der Waals surface area contributed by atoms with Crippen LogP contribution in [0.5, 0.6) is 0 Å². The Bertz CT molecular complexity index is 429. The summed E-state index contributed by atoms with van der Waals surface area (Å²) in [5, 5.41) is 0.805. The topological polar surface area (TPSA) is 29.3 Å². The van der Waals surface area contributed by atoms with Crippen LogP contribution < -0.4 is 10.6 Å². The minimum Gasteiger partial charge on any atom is -0.371 e. The van der Waals surface area contributed by atoms with Crippen LogP contribution in [-0.2, 0) is 6.42 Å². The predicted molar refractivity (Wildman–Crippen MR) is 84.0 cm³/mol. The van der Waals surface area contributed by atoms with E-state index in [4.69, 9.17) is 17.3 Å². The molecule has 1 heterocycles. The number of halogens is 1. The van der Waals surface area contributed by atoms with Crippen LogP contribution in [0.3, 0.4) is 0 Å². The second-order valence-corrected chi connectivity index (χ2v) is 6.63. The SMILES string of the molecule is CC(N)Cc1cc(Cl)ccc1N1CCC(C(C)C)C1. The van der Waals surface area contributed by atoms with Crippen LogP contribution in [0.2, 0.25) is 5.02 Å². The average Bonchev–Trinajstić information content (AvgIpc) is 2.77. The Kier molecular flexibility index (Phi) is 4.75. The van der Waals surface area contributed by atoms with Crippen LogP contribution in [0.1, 0.15) is 32.8 Å². The first-order chi connectivity index (χ1) is 8.97. The summed E-state index contributed by atoms with van der Waals surface area (Å²) >= 11 is 6.13. The lowest BCUT2D eigenvalue weighted by molar-refractivity contribution is 0.422. The van der Waals surface area contributed by atoms with Gasteiger partial charge in [-0.25, -0.2) is 0 Å². The van der Waals surface area contributed by atoms with Crippen LogP contribution >= 0.6 is 11.6 Å². The fourth-order valence-corrected chi connectivity index (χ4v) is 3.12. The van der Waals surface area contributed by atoms with E-state index in [1.54, 1.807) is 0 Å². The Morgan fingerprint density at radius 2 is 2.11 bits per heavy atom. The first-order valence-corrected chi connectivity index (χ1v) is 7.64. The first kappa shape index (κ1) is 14.7. The Morgan fingerprint density at radius 3 is 2.68 bits per heavy atom. The molecule has 2 atom stereocenters. The van der Waals surface area contributed by atoms with Crippen LogP contribution in [0, 0.1) is 11.8 Å². The van der Waals surface area contributed by atoms with Gasteiger partial charge >= 0.3 is 0 Å². The van der Waals surface area contributed by atoms with E-state index in [0.29, 0.717) is 0 Å². The number of anilines is 1. The molecule has 19 heavy (non-hydrogen) atoms. The molecule has 0 spiro atoms. The Balaban J connectivity index is 2.20. The van der Waals surface area contributed by atoms with Crippen molar-refractivity contribution in [2.24, 2.45) is 17.6 Å². The smallest absolute Gasteiger partial charge is 0.0410 e. The quantitative estimate of drug-likeness (QED) is 0.911. The van der Waals surface area contributed by atoms with Crippen molar-refractivity contribution in [1.82, 2.24) is 0 Å². The largest absolute Gasteiger partial charge is 0.371 e. The van der Waals surface area contributed by atoms with Gasteiger partial charge in [0.25, 0.3) is 0 Å². The maximum Gasteiger partial charge on any atom is 0.0410 e. The third-order valence-corrected chi connectivity index (χ3v) is 4.33. The lowest BCUT2D eigenvalue weighted by Crippen LogP contribution is -2.24. The van der Waals surface area contributed by atoms with E-state index in [9.17, 15) is 0 Å². The van der Waals surface area contributed by atoms with Gasteiger partial charge in [-0.1, -0.05) is 25.4 Å². The highest BCUT2D eigenvalue weighted by Gasteiger charge is 2.26. The molecule has 1 aromatic carbocycles. The molecule has 2 unspecified atom stereocenters. The highest BCUT2D eigenvalue weighted by molar-refractivity contribution is 6.30. The third kappa shape index (κ3) is 3.64. The molecule has 0 aromatic heterocycles. The van der Waals surface area contributed by atoms with Gasteiger partial charge in [-0.15, -0.1) is 0 Å². The Labute approximate surface area is 121 Å². The van der Waals surface area contributed by atoms with Gasteiger partial charge in [0.15, 0.2) is 0 Å². The van der Waals surface area contributed by atoms with Crippen molar-refractivity contribution in [3.63, 3.8) is 0 Å². The fourth-order valence-electron chi connectivity index (χ4n) is 2.92. The van der Waals surface area contributed by atoms with Crippen molar-refractivity contribution in [2.75, 3.05) is 18.0 Å². The molecular formula is C16H25ClN2. The van der Waals surface area contributed by atoms with E-state index in [1.807, 2.05) is 13.0 Å². The summed E-state index contributed by atoms with van der Waals surface area (Å²) in [6, 6.07) is 6.39. The van der Waals surface area contributed by atoms with Gasteiger partial charge in [-0.2, -0.15) is 0 Å². The standard InChI is InChI=1S/C16H25ClN2/c1-11(2)13-6-7-19(10-13)16-5-4-15(17)9-14(16)8-12(3)18/h4-5,9,11-13H,6-8,10,18H2,1-3H3. The van der Waals surface area contributed by atoms with Gasteiger partial charge in [0.05, 0.1) is 0 Å². The number of benzene rings is 1. The van der Waals surface area contributed by atoms with E-state index in [0.717, 1.165) is 36.4 Å². The van der Waals surface area contributed by atoms with Gasteiger partial charge < -0.3 is 10.6 Å². The zero-order valence-electron chi connectivity index (χ0n) is 12.2. The summed E-state index contributed by atoms with van der Waals surface area (Å²) in [5.74, 6) is 1.56. The maximum atomic E-state index is 6.13. The number of rotatable bonds is 4. The van der Waals surface area contributed by atoms with Crippen molar-refractivity contribution in [3.8, 4) is 0 Å². The van der Waals surface area contributed by atoms with Gasteiger partial charge in [0, 0.05) is 29.8 Å². The molecule has 106 valence electrons. The van der Waals surface area contributed by atoms with E-state index in [1.165, 1.54) is 17.7 Å². The fraction of sp³-hybridized carbons (Fsp3) is 0.625. The normalized spacial score (nSPS) is 21.2. The van der Waals surface area contributed by atoms with Crippen molar-refractivity contribution < 1.29 is 0 Å². The Morgan fingerprint density at radius 1 is 1.37 bits per heavy atom. The van der Waals surface area contributed by atoms with Gasteiger partial charge in [0.2, 0.25) is 0 Å². The van der Waals surface area contributed by atoms with Gasteiger partial charge in [0.1, 0.15) is 0 Å². The second kappa shape index (κ2) is 6.15. The molecule has 0 amide bonds. The van der Waals surface area contributed by atoms with Crippen LogP contribution in [0.15, 0.2) is 18.2 Å². The average molecular weight is 281 g/mol. The molecule has 1 aromatic rings. The molecule has 1 aliphatic heterocycles. The highest BCUT2D eigenvalue weighted by Crippen LogP contribution is 2.32. The molecular weight excluding hydrogens is 256 g/mol. The van der Waals surface area contributed by atoms with Crippen molar-refractivity contribution in [3.05, 3.63) is 28.8 Å². The number of nitrogens with two attached hydrogens (primary N) is 1. The minimum absolute atomic E-state index is 0.167. The predicted octanol–water partition coefficient (Wildman–Crippen LogP) is 3.71. The number of hydrogen-bond acceptors (Lipinski definition) is 2. The van der Waals surface area contributed by atoms with Crippen LogP contribution in [-0.4, -0.2) is 19.1 Å². The first-order valence-electron chi connectivity index (χ1n) is 7.26. The van der Waals surface area contributed by atoms with Gasteiger partial charge in [-0.3, -0.25) is 0 Å². The third-order valence-electron chi connectivity index (χ3n) is 4.09. The number of hydrogen-bond donors (Lipinski definition) is 1. The summed E-state index contributed by atoms with van der Waals surface area (Å²) < 4.78 is 0. The maximum absolute atomic E-state index is 6.13. The van der Waals surface area contributed by atoms with E-state index in [-0.39, 0.29) is 6.04 Å². The summed E-state index contributed by atoms with van der Waals surface area (Å²) in [7, 11) is 0. The van der Waals surface area contributed by atoms with E-state index >= 15 is 0 Å². The van der Waals surface area contributed by atoms with E-state index in [2.05, 4.69) is 30.9 Å². The zero-order valence-corrected chi connectivity index (χ0v) is 13.0. The molecule has 3 heteroatoms. The molecule has 0 bridgehead atoms. The minimum atomic E-state index is 0.167. The molecule has 1 fully saturated rings. The van der Waals surface area contributed by atoms with Crippen molar-refractivity contribution in [2.45, 2.75) is 39.7 Å². The summed E-state index contributed by atoms with van der Waals surface area (Å²) in [4.78, 5) is 2.50. The zero-order chi connectivity index (χ0) is 14.0. The molecule has 0 radical (unpaired) electrons. The molecule has 2 N–H and O–H groups in total. The van der Waals surface area contributed by atoms with Gasteiger partial charge in [-0.05, 0) is 55.4 Å². The lowest BCUT2D eigenvalue weighted by atomic mass is 9.95. The molecule has 2 rings (SSSR count). The second-order valence-electron chi connectivity index (χ2n) is 6.19. The van der Waals surface area contributed by atoms with Crippen LogP contribution in [0.4, 0.5) is 5.69 Å². The molecule has 0 saturated carbocycles. The summed E-state index contributed by atoms with van der Waals surface area (Å²) in [6.45, 7) is 8.99.